The number of rotatable bonds is 6. The van der Waals surface area contributed by atoms with Crippen molar-refractivity contribution in [2.75, 3.05) is 19.7 Å². The molecule has 0 aliphatic carbocycles. The van der Waals surface area contributed by atoms with E-state index in [1.54, 1.807) is 41.3 Å². The number of pyridine rings is 1. The zero-order chi connectivity index (χ0) is 21.1. The van der Waals surface area contributed by atoms with Crippen molar-refractivity contribution in [3.05, 3.63) is 53.6 Å². The van der Waals surface area contributed by atoms with Crippen LogP contribution in [0.1, 0.15) is 6.92 Å². The molecule has 10 heteroatoms. The first-order valence-electron chi connectivity index (χ1n) is 9.51. The van der Waals surface area contributed by atoms with E-state index in [-0.39, 0.29) is 6.10 Å². The Morgan fingerprint density at radius 1 is 1.27 bits per heavy atom. The molecule has 1 fully saturated rings. The third-order valence-electron chi connectivity index (χ3n) is 4.74. The third kappa shape index (κ3) is 4.77. The molecule has 0 amide bonds. The van der Waals surface area contributed by atoms with E-state index in [9.17, 15) is 8.78 Å². The number of alkyl halides is 2. The van der Waals surface area contributed by atoms with Crippen molar-refractivity contribution in [3.8, 4) is 17.1 Å². The average Bonchev–Trinajstić information content (AvgIpc) is 3.05. The first-order valence-corrected chi connectivity index (χ1v) is 10.8. The highest BCUT2D eigenvalue weighted by Crippen LogP contribution is 2.28. The maximum atomic E-state index is 12.7. The smallest absolute Gasteiger partial charge is 0.288 e. The molecule has 0 saturated carbocycles. The molecule has 0 radical (unpaired) electrons. The standard InChI is InChI=1S/C20H21F2N5OS2/c1-14-12-25(9-10-28-14)13-26-20(29)27(18(24-26)15-3-2-8-23-11-15)16-4-6-17(7-5-16)30-19(21)22/h2-8,11,14,19H,9-10,12-13H2,1H3/t14-/m1/s1. The van der Waals surface area contributed by atoms with Gasteiger partial charge in [-0.15, -0.1) is 5.10 Å². The Kier molecular flexibility index (Phi) is 6.57. The molecule has 1 aliphatic heterocycles. The summed E-state index contributed by atoms with van der Waals surface area (Å²) in [6.07, 6.45) is 3.59. The van der Waals surface area contributed by atoms with Crippen LogP contribution in [0.15, 0.2) is 53.7 Å². The van der Waals surface area contributed by atoms with Gasteiger partial charge in [0.1, 0.15) is 0 Å². The molecule has 3 aromatic rings. The Bertz CT molecular complexity index is 1040. The van der Waals surface area contributed by atoms with Gasteiger partial charge in [-0.3, -0.25) is 14.5 Å². The van der Waals surface area contributed by atoms with Gasteiger partial charge < -0.3 is 4.74 Å². The van der Waals surface area contributed by atoms with E-state index in [0.717, 1.165) is 24.3 Å². The molecule has 0 bridgehead atoms. The molecule has 1 saturated heterocycles. The van der Waals surface area contributed by atoms with Crippen molar-refractivity contribution in [3.63, 3.8) is 0 Å². The second-order valence-corrected chi connectivity index (χ2v) is 8.38. The number of halogens is 2. The Hall–Kier alpha value is -2.14. The summed E-state index contributed by atoms with van der Waals surface area (Å²) in [6, 6.07) is 10.7. The lowest BCUT2D eigenvalue weighted by Crippen LogP contribution is -2.42. The largest absolute Gasteiger partial charge is 0.376 e. The fourth-order valence-corrected chi connectivity index (χ4v) is 4.19. The van der Waals surface area contributed by atoms with E-state index in [4.69, 9.17) is 22.1 Å². The van der Waals surface area contributed by atoms with Crippen LogP contribution in [0.3, 0.4) is 0 Å². The Morgan fingerprint density at radius 2 is 2.07 bits per heavy atom. The highest BCUT2D eigenvalue weighted by molar-refractivity contribution is 7.99. The molecule has 4 rings (SSSR count). The second kappa shape index (κ2) is 9.34. The number of nitrogens with zero attached hydrogens (tertiary/aromatic N) is 5. The Morgan fingerprint density at radius 3 is 2.73 bits per heavy atom. The van der Waals surface area contributed by atoms with Crippen LogP contribution in [0.5, 0.6) is 0 Å². The zero-order valence-corrected chi connectivity index (χ0v) is 18.0. The van der Waals surface area contributed by atoms with E-state index in [1.165, 1.54) is 0 Å². The quantitative estimate of drug-likeness (QED) is 0.409. The summed E-state index contributed by atoms with van der Waals surface area (Å²) in [5.74, 6) is -1.80. The second-order valence-electron chi connectivity index (χ2n) is 6.96. The van der Waals surface area contributed by atoms with Crippen molar-refractivity contribution in [2.45, 2.75) is 30.3 Å². The molecule has 1 aliphatic rings. The molecule has 0 spiro atoms. The Labute approximate surface area is 182 Å². The van der Waals surface area contributed by atoms with Gasteiger partial charge >= 0.3 is 0 Å². The number of morpholine rings is 1. The molecule has 30 heavy (non-hydrogen) atoms. The van der Waals surface area contributed by atoms with Crippen molar-refractivity contribution >= 4 is 24.0 Å². The van der Waals surface area contributed by atoms with Gasteiger partial charge in [0.05, 0.1) is 25.1 Å². The minimum Gasteiger partial charge on any atom is -0.376 e. The number of hydrogen-bond donors (Lipinski definition) is 0. The highest BCUT2D eigenvalue weighted by atomic mass is 32.2. The predicted octanol–water partition coefficient (Wildman–Crippen LogP) is 4.46. The topological polar surface area (TPSA) is 48.1 Å². The van der Waals surface area contributed by atoms with E-state index < -0.39 is 5.76 Å². The third-order valence-corrected chi connectivity index (χ3v) is 5.85. The molecular weight excluding hydrogens is 428 g/mol. The lowest BCUT2D eigenvalue weighted by atomic mass is 10.2. The van der Waals surface area contributed by atoms with Gasteiger partial charge in [0.25, 0.3) is 5.76 Å². The van der Waals surface area contributed by atoms with Crippen LogP contribution in [-0.4, -0.2) is 55.8 Å². The zero-order valence-electron chi connectivity index (χ0n) is 16.3. The van der Waals surface area contributed by atoms with Gasteiger partial charge in [-0.25, -0.2) is 4.68 Å². The molecule has 1 atom stereocenters. The fourth-order valence-electron chi connectivity index (χ4n) is 3.40. The maximum absolute atomic E-state index is 12.7. The number of aromatic nitrogens is 4. The van der Waals surface area contributed by atoms with Crippen LogP contribution in [0, 0.1) is 4.77 Å². The van der Waals surface area contributed by atoms with Crippen molar-refractivity contribution < 1.29 is 13.5 Å². The molecule has 1 aromatic carbocycles. The van der Waals surface area contributed by atoms with Gasteiger partial charge in [-0.2, -0.15) is 8.78 Å². The van der Waals surface area contributed by atoms with Crippen molar-refractivity contribution in [2.24, 2.45) is 0 Å². The lowest BCUT2D eigenvalue weighted by molar-refractivity contribution is -0.0306. The summed E-state index contributed by atoms with van der Waals surface area (Å²) >= 11 is 6.27. The fraction of sp³-hybridized carbons (Fsp3) is 0.350. The van der Waals surface area contributed by atoms with Gasteiger partial charge in [-0.1, -0.05) is 11.8 Å². The van der Waals surface area contributed by atoms with Gasteiger partial charge in [0.15, 0.2) is 5.82 Å². The van der Waals surface area contributed by atoms with Crippen LogP contribution < -0.4 is 0 Å². The van der Waals surface area contributed by atoms with Crippen LogP contribution in [0.2, 0.25) is 0 Å². The molecule has 3 heterocycles. The molecule has 6 nitrogen and oxygen atoms in total. The lowest BCUT2D eigenvalue weighted by Gasteiger charge is -2.30. The van der Waals surface area contributed by atoms with Crippen molar-refractivity contribution in [1.82, 2.24) is 24.2 Å². The van der Waals surface area contributed by atoms with E-state index in [1.807, 2.05) is 23.6 Å². The molecule has 0 unspecified atom stereocenters. The van der Waals surface area contributed by atoms with Gasteiger partial charge in [0, 0.05) is 35.9 Å². The first-order chi connectivity index (χ1) is 14.5. The number of ether oxygens (including phenoxy) is 1. The molecule has 0 N–H and O–H groups in total. The van der Waals surface area contributed by atoms with Crippen molar-refractivity contribution in [1.29, 1.82) is 0 Å². The SMILES string of the molecule is C[C@@H]1CN(Cn2nc(-c3cccnc3)n(-c3ccc(SC(F)F)cc3)c2=S)CCO1. The summed E-state index contributed by atoms with van der Waals surface area (Å²) in [4.78, 5) is 6.94. The van der Waals surface area contributed by atoms with E-state index >= 15 is 0 Å². The maximum Gasteiger partial charge on any atom is 0.288 e. The normalized spacial score (nSPS) is 17.5. The van der Waals surface area contributed by atoms with Crippen LogP contribution >= 0.6 is 24.0 Å². The molecule has 158 valence electrons. The first kappa shape index (κ1) is 21.1. The van der Waals surface area contributed by atoms with Crippen LogP contribution in [0.4, 0.5) is 8.78 Å². The summed E-state index contributed by atoms with van der Waals surface area (Å²) in [6.45, 7) is 4.88. The number of thioether (sulfide) groups is 1. The highest BCUT2D eigenvalue weighted by Gasteiger charge is 2.20. The number of benzene rings is 1. The molecule has 2 aromatic heterocycles. The van der Waals surface area contributed by atoms with Crippen LogP contribution in [-0.2, 0) is 11.4 Å². The van der Waals surface area contributed by atoms with Gasteiger partial charge in [-0.05, 0) is 55.5 Å². The minimum atomic E-state index is -2.46. The summed E-state index contributed by atoms with van der Waals surface area (Å²) in [7, 11) is 0. The molecular formula is C20H21F2N5OS2. The van der Waals surface area contributed by atoms with E-state index in [0.29, 0.717) is 40.5 Å². The summed E-state index contributed by atoms with van der Waals surface area (Å²) < 4.78 is 35.1. The number of hydrogen-bond acceptors (Lipinski definition) is 6. The van der Waals surface area contributed by atoms with Gasteiger partial charge in [0.2, 0.25) is 4.77 Å². The average molecular weight is 450 g/mol. The predicted molar refractivity (Wildman–Crippen MR) is 114 cm³/mol. The summed E-state index contributed by atoms with van der Waals surface area (Å²) in [5, 5.41) is 4.77. The minimum absolute atomic E-state index is 0.160. The summed E-state index contributed by atoms with van der Waals surface area (Å²) in [5.41, 5.74) is 1.59. The monoisotopic (exact) mass is 449 g/mol. The van der Waals surface area contributed by atoms with E-state index in [2.05, 4.69) is 9.88 Å². The Balaban J connectivity index is 1.72. The van der Waals surface area contributed by atoms with Crippen LogP contribution in [0.25, 0.3) is 17.1 Å².